The summed E-state index contributed by atoms with van der Waals surface area (Å²) >= 11 is 0. The number of hydrogen-bond acceptors (Lipinski definition) is 4. The van der Waals surface area contributed by atoms with Gasteiger partial charge in [-0.15, -0.1) is 0 Å². The second-order valence-electron chi connectivity index (χ2n) is 7.88. The van der Waals surface area contributed by atoms with Crippen LogP contribution in [0.15, 0.2) is 35.1 Å². The fourth-order valence-electron chi connectivity index (χ4n) is 3.79. The maximum absolute atomic E-state index is 12.1. The molecular weight excluding hydrogens is 316 g/mol. The first-order valence-electron chi connectivity index (χ1n) is 9.34. The number of hydrogen-bond donors (Lipinski definition) is 1. The molecule has 3 atom stereocenters. The fourth-order valence-corrected chi connectivity index (χ4v) is 3.79. The van der Waals surface area contributed by atoms with Gasteiger partial charge in [0.05, 0.1) is 12.7 Å². The van der Waals surface area contributed by atoms with Gasteiger partial charge in [0.15, 0.2) is 0 Å². The Morgan fingerprint density at radius 2 is 2.12 bits per heavy atom. The lowest BCUT2D eigenvalue weighted by Gasteiger charge is -2.40. The zero-order valence-electron chi connectivity index (χ0n) is 16.2. The van der Waals surface area contributed by atoms with Gasteiger partial charge in [-0.25, -0.2) is 4.79 Å². The molecule has 2 heterocycles. The third-order valence-corrected chi connectivity index (χ3v) is 5.28. The molecular formula is C21H32O4. The summed E-state index contributed by atoms with van der Waals surface area (Å²) in [6.45, 7) is 8.50. The smallest absolute Gasteiger partial charge is 0.337 e. The van der Waals surface area contributed by atoms with Gasteiger partial charge >= 0.3 is 5.97 Å². The van der Waals surface area contributed by atoms with E-state index < -0.39 is 11.8 Å². The number of carbonyl (C=O) groups is 1. The second-order valence-corrected chi connectivity index (χ2v) is 7.88. The third-order valence-electron chi connectivity index (χ3n) is 5.28. The number of methoxy groups -OCH3 is 1. The topological polar surface area (TPSA) is 55.8 Å². The minimum absolute atomic E-state index is 0.103. The minimum Gasteiger partial charge on any atom is -0.465 e. The maximum atomic E-state index is 12.1. The molecule has 0 radical (unpaired) electrons. The van der Waals surface area contributed by atoms with Crippen molar-refractivity contribution in [2.75, 3.05) is 7.11 Å². The summed E-state index contributed by atoms with van der Waals surface area (Å²) in [7, 11) is 1.36. The van der Waals surface area contributed by atoms with E-state index in [0.717, 1.165) is 25.7 Å². The van der Waals surface area contributed by atoms with Crippen molar-refractivity contribution in [1.29, 1.82) is 0 Å². The average Bonchev–Trinajstić information content (AvgIpc) is 2.52. The molecule has 0 aromatic carbocycles. The van der Waals surface area contributed by atoms with Crippen molar-refractivity contribution in [1.82, 2.24) is 0 Å². The van der Waals surface area contributed by atoms with E-state index >= 15 is 0 Å². The first-order valence-corrected chi connectivity index (χ1v) is 9.34. The van der Waals surface area contributed by atoms with Gasteiger partial charge in [-0.05, 0) is 50.5 Å². The Labute approximate surface area is 151 Å². The summed E-state index contributed by atoms with van der Waals surface area (Å²) < 4.78 is 10.9. The van der Waals surface area contributed by atoms with Gasteiger partial charge in [0.1, 0.15) is 5.76 Å². The SMILES string of the molecule is COC(=O)C1=C[C@]2(O)OC(=C1)C[C@@H](C)CC/C=C(/C)CC[C@H]2C(C)C. The molecule has 2 rings (SSSR count). The zero-order valence-corrected chi connectivity index (χ0v) is 16.2. The van der Waals surface area contributed by atoms with Crippen molar-refractivity contribution >= 4 is 5.97 Å². The lowest BCUT2D eigenvalue weighted by Crippen LogP contribution is -2.44. The summed E-state index contributed by atoms with van der Waals surface area (Å²) in [5.74, 6) is -0.710. The van der Waals surface area contributed by atoms with E-state index in [1.54, 1.807) is 12.2 Å². The molecule has 25 heavy (non-hydrogen) atoms. The average molecular weight is 348 g/mol. The molecule has 0 aromatic heterocycles. The molecule has 0 amide bonds. The van der Waals surface area contributed by atoms with Crippen LogP contribution in [0.3, 0.4) is 0 Å². The molecule has 0 unspecified atom stereocenters. The van der Waals surface area contributed by atoms with Crippen LogP contribution in [0, 0.1) is 17.8 Å². The standard InChI is InChI=1S/C21H32O4/c1-14(2)19-10-9-15(3)7-6-8-16(4)11-18-12-17(20(22)24-5)13-21(19,23)25-18/h7,12-14,16,19,23H,6,8-11H2,1-5H3/b15-7-/t16-,19-,21-/m0/s1. The molecule has 140 valence electrons. The summed E-state index contributed by atoms with van der Waals surface area (Å²) in [5.41, 5.74) is 1.74. The summed E-state index contributed by atoms with van der Waals surface area (Å²) in [6.07, 6.45) is 10.1. The lowest BCUT2D eigenvalue weighted by molar-refractivity contribution is -0.193. The number of esters is 1. The van der Waals surface area contributed by atoms with Crippen molar-refractivity contribution < 1.29 is 19.4 Å². The molecule has 4 nitrogen and oxygen atoms in total. The Bertz CT molecular complexity index is 585. The summed E-state index contributed by atoms with van der Waals surface area (Å²) in [5, 5.41) is 11.3. The van der Waals surface area contributed by atoms with E-state index in [-0.39, 0.29) is 11.8 Å². The lowest BCUT2D eigenvalue weighted by atomic mass is 9.80. The number of carbonyl (C=O) groups excluding carboxylic acids is 1. The number of aliphatic hydroxyl groups is 1. The van der Waals surface area contributed by atoms with Crippen molar-refractivity contribution in [3.63, 3.8) is 0 Å². The van der Waals surface area contributed by atoms with Crippen molar-refractivity contribution in [2.45, 2.75) is 65.6 Å². The Kier molecular flexibility index (Phi) is 6.50. The molecule has 2 aliphatic rings. The Morgan fingerprint density at radius 3 is 2.76 bits per heavy atom. The highest BCUT2D eigenvalue weighted by Crippen LogP contribution is 2.39. The molecule has 2 aliphatic heterocycles. The van der Waals surface area contributed by atoms with E-state index in [2.05, 4.69) is 33.8 Å². The van der Waals surface area contributed by atoms with Crippen molar-refractivity contribution in [3.8, 4) is 0 Å². The Morgan fingerprint density at radius 1 is 1.40 bits per heavy atom. The van der Waals surface area contributed by atoms with Gasteiger partial charge in [-0.2, -0.15) is 0 Å². The molecule has 1 N–H and O–H groups in total. The highest BCUT2D eigenvalue weighted by molar-refractivity contribution is 5.92. The van der Waals surface area contributed by atoms with E-state index in [1.807, 2.05) is 0 Å². The van der Waals surface area contributed by atoms with Crippen LogP contribution in [0.25, 0.3) is 0 Å². The van der Waals surface area contributed by atoms with Gasteiger partial charge in [-0.3, -0.25) is 0 Å². The molecule has 0 saturated carbocycles. The molecule has 4 heteroatoms. The van der Waals surface area contributed by atoms with Crippen LogP contribution >= 0.6 is 0 Å². The normalized spacial score (nSPS) is 33.0. The molecule has 0 saturated heterocycles. The van der Waals surface area contributed by atoms with Crippen LogP contribution in [-0.2, 0) is 14.3 Å². The monoisotopic (exact) mass is 348 g/mol. The van der Waals surface area contributed by atoms with Crippen LogP contribution in [0.1, 0.15) is 59.8 Å². The van der Waals surface area contributed by atoms with E-state index in [9.17, 15) is 9.90 Å². The predicted molar refractivity (Wildman–Crippen MR) is 98.6 cm³/mol. The molecule has 0 aromatic rings. The van der Waals surface area contributed by atoms with Gasteiger partial charge < -0.3 is 14.6 Å². The Balaban J connectivity index is 2.45. The summed E-state index contributed by atoms with van der Waals surface area (Å²) in [4.78, 5) is 12.1. The van der Waals surface area contributed by atoms with Crippen LogP contribution < -0.4 is 0 Å². The first kappa shape index (κ1) is 19.8. The van der Waals surface area contributed by atoms with Gasteiger partial charge in [-0.1, -0.05) is 32.4 Å². The Hall–Kier alpha value is -1.55. The summed E-state index contributed by atoms with van der Waals surface area (Å²) in [6, 6.07) is 0. The van der Waals surface area contributed by atoms with Gasteiger partial charge in [0.25, 0.3) is 0 Å². The van der Waals surface area contributed by atoms with Gasteiger partial charge in [0, 0.05) is 18.4 Å². The highest BCUT2D eigenvalue weighted by Gasteiger charge is 2.42. The largest absolute Gasteiger partial charge is 0.465 e. The number of ether oxygens (including phenoxy) is 2. The third kappa shape index (κ3) is 4.97. The van der Waals surface area contributed by atoms with Crippen LogP contribution in [0.5, 0.6) is 0 Å². The van der Waals surface area contributed by atoms with Crippen LogP contribution in [0.4, 0.5) is 0 Å². The maximum Gasteiger partial charge on any atom is 0.337 e. The number of allylic oxidation sites excluding steroid dienone is 3. The number of rotatable bonds is 2. The quantitative estimate of drug-likeness (QED) is 0.589. The second kappa shape index (κ2) is 8.22. The molecule has 0 fully saturated rings. The first-order chi connectivity index (χ1) is 11.7. The highest BCUT2D eigenvalue weighted by atomic mass is 16.6. The fraction of sp³-hybridized carbons (Fsp3) is 0.667. The van der Waals surface area contributed by atoms with E-state index in [4.69, 9.17) is 9.47 Å². The molecule has 2 bridgehead atoms. The van der Waals surface area contributed by atoms with E-state index in [0.29, 0.717) is 23.7 Å². The van der Waals surface area contributed by atoms with Crippen LogP contribution in [0.2, 0.25) is 0 Å². The van der Waals surface area contributed by atoms with Crippen LogP contribution in [-0.4, -0.2) is 24.0 Å². The zero-order chi connectivity index (χ0) is 18.6. The molecule has 0 spiro atoms. The number of fused-ring (bicyclic) bond motifs is 2. The van der Waals surface area contributed by atoms with Gasteiger partial charge in [0.2, 0.25) is 5.79 Å². The predicted octanol–water partition coefficient (Wildman–Crippen LogP) is 4.51. The molecule has 0 aliphatic carbocycles. The van der Waals surface area contributed by atoms with E-state index in [1.165, 1.54) is 12.7 Å². The van der Waals surface area contributed by atoms with Crippen molar-refractivity contribution in [2.24, 2.45) is 17.8 Å². The van der Waals surface area contributed by atoms with Crippen molar-refractivity contribution in [3.05, 3.63) is 35.1 Å². The minimum atomic E-state index is -1.47.